The Morgan fingerprint density at radius 1 is 1.56 bits per heavy atom. The number of fused-ring (bicyclic) bond motifs is 1. The van der Waals surface area contributed by atoms with E-state index >= 15 is 0 Å². The molecule has 0 aromatic heterocycles. The fraction of sp³-hybridized carbons (Fsp3) is 0.462. The first kappa shape index (κ1) is 12.9. The molecule has 98 valence electrons. The first-order chi connectivity index (χ1) is 8.56. The van der Waals surface area contributed by atoms with E-state index in [1.54, 1.807) is 19.1 Å². The van der Waals surface area contributed by atoms with Gasteiger partial charge in [0.05, 0.1) is 6.61 Å². The van der Waals surface area contributed by atoms with Gasteiger partial charge in [-0.05, 0) is 17.2 Å². The van der Waals surface area contributed by atoms with E-state index in [1.165, 1.54) is 5.56 Å². The first-order valence-electron chi connectivity index (χ1n) is 6.04. The second-order valence-electron chi connectivity index (χ2n) is 4.71. The highest BCUT2D eigenvalue weighted by Crippen LogP contribution is 2.28. The first-order valence-corrected chi connectivity index (χ1v) is 6.04. The van der Waals surface area contributed by atoms with E-state index in [1.807, 2.05) is 18.2 Å². The van der Waals surface area contributed by atoms with Gasteiger partial charge in [0.2, 0.25) is 5.91 Å². The number of amides is 1. The summed E-state index contributed by atoms with van der Waals surface area (Å²) in [7, 11) is 3.55. The number of ether oxygens (including phenoxy) is 1. The van der Waals surface area contributed by atoms with Gasteiger partial charge in [0.1, 0.15) is 5.75 Å². The lowest BCUT2D eigenvalue weighted by Crippen LogP contribution is -2.37. The second-order valence-corrected chi connectivity index (χ2v) is 4.71. The summed E-state index contributed by atoms with van der Waals surface area (Å²) in [5, 5.41) is 1.62. The normalized spacial score (nSPS) is 15.1. The third-order valence-corrected chi connectivity index (χ3v) is 2.90. The number of hydrazine groups is 1. The summed E-state index contributed by atoms with van der Waals surface area (Å²) in [5.41, 5.74) is 10.9. The number of hydrogen-bond donors (Lipinski definition) is 2. The van der Waals surface area contributed by atoms with Gasteiger partial charge in [-0.3, -0.25) is 10.2 Å². The Morgan fingerprint density at radius 2 is 2.33 bits per heavy atom. The molecule has 18 heavy (non-hydrogen) atoms. The van der Waals surface area contributed by atoms with Crippen LogP contribution in [0.25, 0.3) is 0 Å². The molecule has 0 bridgehead atoms. The molecule has 5 heteroatoms. The molecule has 1 unspecified atom stereocenters. The van der Waals surface area contributed by atoms with Gasteiger partial charge in [0.25, 0.3) is 0 Å². The van der Waals surface area contributed by atoms with Crippen molar-refractivity contribution in [3.8, 4) is 5.75 Å². The maximum absolute atomic E-state index is 11.6. The maximum atomic E-state index is 11.6. The fourth-order valence-electron chi connectivity index (χ4n) is 2.05. The Labute approximate surface area is 107 Å². The molecule has 1 aliphatic rings. The fourth-order valence-corrected chi connectivity index (χ4v) is 2.05. The Balaban J connectivity index is 2.00. The van der Waals surface area contributed by atoms with Crippen molar-refractivity contribution in [2.75, 3.05) is 20.7 Å². The highest BCUT2D eigenvalue weighted by molar-refractivity contribution is 5.76. The molecule has 1 atom stereocenters. The van der Waals surface area contributed by atoms with Crippen LogP contribution in [0.15, 0.2) is 18.2 Å². The molecule has 5 nitrogen and oxygen atoms in total. The lowest BCUT2D eigenvalue weighted by atomic mass is 10.0. The van der Waals surface area contributed by atoms with Crippen LogP contribution in [0.2, 0.25) is 0 Å². The van der Waals surface area contributed by atoms with Crippen LogP contribution in [0.3, 0.4) is 0 Å². The lowest BCUT2D eigenvalue weighted by Gasteiger charge is -2.16. The minimum Gasteiger partial charge on any atom is -0.493 e. The van der Waals surface area contributed by atoms with E-state index in [9.17, 15) is 4.79 Å². The predicted octanol–water partition coefficient (Wildman–Crippen LogP) is 0.604. The van der Waals surface area contributed by atoms with Crippen molar-refractivity contribution in [3.05, 3.63) is 29.3 Å². The molecule has 1 heterocycles. The number of hydrogen-bond acceptors (Lipinski definition) is 4. The third-order valence-electron chi connectivity index (χ3n) is 2.90. The topological polar surface area (TPSA) is 67.6 Å². The maximum Gasteiger partial charge on any atom is 0.236 e. The second kappa shape index (κ2) is 5.37. The predicted molar refractivity (Wildman–Crippen MR) is 69.0 cm³/mol. The standard InChI is InChI=1S/C13H19N3O2/c1-16(2)15-13(17)8-11(14)9-3-4-12-10(7-9)5-6-18-12/h3-4,7,11H,5-6,8,14H2,1-2H3,(H,15,17). The van der Waals surface area contributed by atoms with Crippen LogP contribution in [-0.4, -0.2) is 31.6 Å². The van der Waals surface area contributed by atoms with Gasteiger partial charge in [-0.2, -0.15) is 0 Å². The van der Waals surface area contributed by atoms with Crippen LogP contribution in [-0.2, 0) is 11.2 Å². The zero-order valence-electron chi connectivity index (χ0n) is 10.8. The van der Waals surface area contributed by atoms with Gasteiger partial charge in [0, 0.05) is 33.0 Å². The van der Waals surface area contributed by atoms with Crippen molar-refractivity contribution in [3.63, 3.8) is 0 Å². The molecule has 0 aliphatic carbocycles. The van der Waals surface area contributed by atoms with Crippen molar-refractivity contribution in [1.29, 1.82) is 0 Å². The van der Waals surface area contributed by atoms with E-state index in [0.29, 0.717) is 0 Å². The van der Waals surface area contributed by atoms with E-state index in [2.05, 4.69) is 5.43 Å². The monoisotopic (exact) mass is 249 g/mol. The Hall–Kier alpha value is -1.59. The molecule has 1 amide bonds. The Morgan fingerprint density at radius 3 is 3.06 bits per heavy atom. The molecular weight excluding hydrogens is 230 g/mol. The SMILES string of the molecule is CN(C)NC(=O)CC(N)c1ccc2c(c1)CCO2. The van der Waals surface area contributed by atoms with Crippen molar-refractivity contribution in [1.82, 2.24) is 10.4 Å². The van der Waals surface area contributed by atoms with Gasteiger partial charge in [0.15, 0.2) is 0 Å². The van der Waals surface area contributed by atoms with Crippen molar-refractivity contribution >= 4 is 5.91 Å². The molecule has 1 aromatic rings. The van der Waals surface area contributed by atoms with Gasteiger partial charge >= 0.3 is 0 Å². The summed E-state index contributed by atoms with van der Waals surface area (Å²) in [6.07, 6.45) is 1.19. The summed E-state index contributed by atoms with van der Waals surface area (Å²) in [5.74, 6) is 0.855. The van der Waals surface area contributed by atoms with Crippen molar-refractivity contribution in [2.24, 2.45) is 5.73 Å². The highest BCUT2D eigenvalue weighted by Gasteiger charge is 2.16. The van der Waals surface area contributed by atoms with Gasteiger partial charge in [-0.1, -0.05) is 12.1 Å². The minimum absolute atomic E-state index is 0.0794. The average Bonchev–Trinajstić information content (AvgIpc) is 2.74. The summed E-state index contributed by atoms with van der Waals surface area (Å²) < 4.78 is 5.44. The minimum atomic E-state index is -0.282. The van der Waals surface area contributed by atoms with Gasteiger partial charge in [-0.15, -0.1) is 0 Å². The summed E-state index contributed by atoms with van der Waals surface area (Å²) in [4.78, 5) is 11.6. The number of rotatable bonds is 4. The molecule has 0 saturated carbocycles. The quantitative estimate of drug-likeness (QED) is 0.767. The largest absolute Gasteiger partial charge is 0.493 e. The molecule has 3 N–H and O–H groups in total. The highest BCUT2D eigenvalue weighted by atomic mass is 16.5. The molecule has 0 saturated heterocycles. The van der Waals surface area contributed by atoms with Crippen LogP contribution in [0.5, 0.6) is 5.75 Å². The van der Waals surface area contributed by atoms with Crippen LogP contribution >= 0.6 is 0 Å². The van der Waals surface area contributed by atoms with Crippen LogP contribution < -0.4 is 15.9 Å². The zero-order chi connectivity index (χ0) is 13.1. The number of nitrogens with one attached hydrogen (secondary N) is 1. The van der Waals surface area contributed by atoms with E-state index in [0.717, 1.165) is 24.3 Å². The number of carbonyl (C=O) groups excluding carboxylic acids is 1. The molecular formula is C13H19N3O2. The van der Waals surface area contributed by atoms with Crippen LogP contribution in [0.1, 0.15) is 23.6 Å². The molecule has 0 radical (unpaired) electrons. The van der Waals surface area contributed by atoms with E-state index < -0.39 is 0 Å². The average molecular weight is 249 g/mol. The summed E-state index contributed by atoms with van der Waals surface area (Å²) in [6, 6.07) is 5.62. The molecule has 1 aliphatic heterocycles. The van der Waals surface area contributed by atoms with Crippen LogP contribution in [0.4, 0.5) is 0 Å². The van der Waals surface area contributed by atoms with Crippen LogP contribution in [0, 0.1) is 0 Å². The molecule has 0 spiro atoms. The number of benzene rings is 1. The number of nitrogens with zero attached hydrogens (tertiary/aromatic N) is 1. The smallest absolute Gasteiger partial charge is 0.236 e. The molecule has 1 aromatic carbocycles. The van der Waals surface area contributed by atoms with Gasteiger partial charge in [-0.25, -0.2) is 5.01 Å². The summed E-state index contributed by atoms with van der Waals surface area (Å²) in [6.45, 7) is 0.731. The van der Waals surface area contributed by atoms with E-state index in [4.69, 9.17) is 10.5 Å². The third kappa shape index (κ3) is 3.00. The van der Waals surface area contributed by atoms with Crippen molar-refractivity contribution in [2.45, 2.75) is 18.9 Å². The van der Waals surface area contributed by atoms with E-state index in [-0.39, 0.29) is 18.4 Å². The van der Waals surface area contributed by atoms with Crippen molar-refractivity contribution < 1.29 is 9.53 Å². The molecule has 2 rings (SSSR count). The lowest BCUT2D eigenvalue weighted by molar-refractivity contribution is -0.125. The zero-order valence-corrected chi connectivity index (χ0v) is 10.8. The molecule has 0 fully saturated rings. The summed E-state index contributed by atoms with van der Waals surface area (Å²) >= 11 is 0. The number of nitrogens with two attached hydrogens (primary N) is 1. The van der Waals surface area contributed by atoms with Gasteiger partial charge < -0.3 is 10.5 Å². The Bertz CT molecular complexity index is 446. The Kier molecular flexibility index (Phi) is 3.84. The number of carbonyl (C=O) groups is 1.